The Labute approximate surface area is 76.6 Å². The number of nitrogens with zero attached hydrogens (tertiary/aromatic N) is 2. The summed E-state index contributed by atoms with van der Waals surface area (Å²) in [5, 5.41) is 12.0. The number of methoxy groups -OCH3 is 1. The van der Waals surface area contributed by atoms with Crippen LogP contribution < -0.4 is 0 Å². The highest BCUT2D eigenvalue weighted by Crippen LogP contribution is 1.99. The molecule has 0 N–H and O–H groups in total. The van der Waals surface area contributed by atoms with E-state index in [2.05, 4.69) is 4.74 Å². The first-order valence-electron chi connectivity index (χ1n) is 3.63. The van der Waals surface area contributed by atoms with Crippen molar-refractivity contribution in [3.63, 3.8) is 0 Å². The van der Waals surface area contributed by atoms with E-state index in [4.69, 9.17) is 10.8 Å². The van der Waals surface area contributed by atoms with Gasteiger partial charge in [0, 0.05) is 10.8 Å². The SMILES string of the molecule is COC(=O)Cc1ccccc1.N#N. The lowest BCUT2D eigenvalue weighted by Gasteiger charge is -1.97. The largest absolute Gasteiger partial charge is 0.469 e. The number of hydrogen-bond donors (Lipinski definition) is 0. The Morgan fingerprint density at radius 3 is 2.31 bits per heavy atom. The zero-order valence-corrected chi connectivity index (χ0v) is 7.30. The third-order valence-corrected chi connectivity index (χ3v) is 1.42. The van der Waals surface area contributed by atoms with Gasteiger partial charge in [-0.05, 0) is 5.56 Å². The first kappa shape index (κ1) is 11.1. The van der Waals surface area contributed by atoms with Crippen LogP contribution in [0, 0.1) is 10.8 Å². The molecule has 0 atom stereocenters. The van der Waals surface area contributed by atoms with E-state index in [0.717, 1.165) is 5.56 Å². The van der Waals surface area contributed by atoms with Crippen molar-refractivity contribution < 1.29 is 9.53 Å². The molecule has 0 spiro atoms. The molecule has 0 aliphatic rings. The predicted molar refractivity (Wildman–Crippen MR) is 45.6 cm³/mol. The molecule has 0 fully saturated rings. The fourth-order valence-corrected chi connectivity index (χ4v) is 0.835. The normalized spacial score (nSPS) is 7.92. The molecule has 4 nitrogen and oxygen atoms in total. The average molecular weight is 178 g/mol. The number of ether oxygens (including phenoxy) is 1. The Balaban J connectivity index is 0.000000671. The highest BCUT2D eigenvalue weighted by molar-refractivity contribution is 5.72. The first-order chi connectivity index (χ1) is 6.33. The molecule has 0 saturated heterocycles. The Bertz CT molecular complexity index is 269. The van der Waals surface area contributed by atoms with Crippen LogP contribution in [0.5, 0.6) is 0 Å². The molecule has 68 valence electrons. The Hall–Kier alpha value is -1.89. The van der Waals surface area contributed by atoms with Gasteiger partial charge >= 0.3 is 5.97 Å². The average Bonchev–Trinajstić information content (AvgIpc) is 2.22. The Morgan fingerprint density at radius 1 is 1.31 bits per heavy atom. The molecule has 0 saturated carbocycles. The molecule has 0 aromatic heterocycles. The maximum Gasteiger partial charge on any atom is 0.309 e. The van der Waals surface area contributed by atoms with Crippen molar-refractivity contribution in [3.05, 3.63) is 35.9 Å². The minimum Gasteiger partial charge on any atom is -0.469 e. The third kappa shape index (κ3) is 4.53. The molecule has 4 heteroatoms. The van der Waals surface area contributed by atoms with Crippen molar-refractivity contribution in [1.29, 1.82) is 10.8 Å². The van der Waals surface area contributed by atoms with Gasteiger partial charge in [0.2, 0.25) is 0 Å². The third-order valence-electron chi connectivity index (χ3n) is 1.42. The monoisotopic (exact) mass is 178 g/mol. The standard InChI is InChI=1S/C9H10O2.N2/c1-11-9(10)7-8-5-3-2-4-6-8;1-2/h2-6H,7H2,1H3;. The van der Waals surface area contributed by atoms with Crippen molar-refractivity contribution in [2.75, 3.05) is 7.11 Å². The van der Waals surface area contributed by atoms with Gasteiger partial charge in [-0.2, -0.15) is 0 Å². The first-order valence-corrected chi connectivity index (χ1v) is 3.63. The van der Waals surface area contributed by atoms with Crippen LogP contribution >= 0.6 is 0 Å². The van der Waals surface area contributed by atoms with Crippen LogP contribution in [-0.2, 0) is 16.0 Å². The molecule has 0 amide bonds. The van der Waals surface area contributed by atoms with Crippen LogP contribution in [0.25, 0.3) is 0 Å². The number of hydrogen-bond acceptors (Lipinski definition) is 4. The Kier molecular flexibility index (Phi) is 5.81. The van der Waals surface area contributed by atoms with Gasteiger partial charge in [-0.25, -0.2) is 0 Å². The molecule has 1 aromatic rings. The second-order valence-corrected chi connectivity index (χ2v) is 2.24. The van der Waals surface area contributed by atoms with Gasteiger partial charge in [0.15, 0.2) is 0 Å². The molecule has 13 heavy (non-hydrogen) atoms. The minimum absolute atomic E-state index is 0.198. The molecular weight excluding hydrogens is 168 g/mol. The summed E-state index contributed by atoms with van der Waals surface area (Å²) < 4.78 is 4.52. The summed E-state index contributed by atoms with van der Waals surface area (Å²) in [4.78, 5) is 10.8. The molecule has 0 unspecified atom stereocenters. The summed E-state index contributed by atoms with van der Waals surface area (Å²) in [5.41, 5.74) is 0.986. The maximum absolute atomic E-state index is 10.8. The number of benzene rings is 1. The summed E-state index contributed by atoms with van der Waals surface area (Å²) in [6.45, 7) is 0. The summed E-state index contributed by atoms with van der Waals surface area (Å²) in [5.74, 6) is -0.198. The van der Waals surface area contributed by atoms with E-state index in [9.17, 15) is 4.79 Å². The lowest BCUT2D eigenvalue weighted by atomic mass is 10.2. The van der Waals surface area contributed by atoms with E-state index in [1.165, 1.54) is 7.11 Å². The number of carbonyl (C=O) groups is 1. The minimum atomic E-state index is -0.198. The lowest BCUT2D eigenvalue weighted by molar-refractivity contribution is -0.139. The predicted octanol–water partition coefficient (Wildman–Crippen LogP) is 1.43. The summed E-state index contributed by atoms with van der Waals surface area (Å²) in [6, 6.07) is 9.52. The molecule has 0 bridgehead atoms. The lowest BCUT2D eigenvalue weighted by Crippen LogP contribution is -2.03. The zero-order chi connectivity index (χ0) is 10.1. The van der Waals surface area contributed by atoms with Crippen molar-refractivity contribution in [1.82, 2.24) is 0 Å². The maximum atomic E-state index is 10.8. The molecule has 0 aliphatic carbocycles. The van der Waals surface area contributed by atoms with Crippen molar-refractivity contribution in [2.45, 2.75) is 6.42 Å². The number of esters is 1. The summed E-state index contributed by atoms with van der Waals surface area (Å²) >= 11 is 0. The second-order valence-electron chi connectivity index (χ2n) is 2.24. The van der Waals surface area contributed by atoms with E-state index in [-0.39, 0.29) is 5.97 Å². The molecule has 1 aromatic carbocycles. The zero-order valence-electron chi connectivity index (χ0n) is 7.30. The van der Waals surface area contributed by atoms with E-state index < -0.39 is 0 Å². The number of rotatable bonds is 2. The molecular formula is C9H10N2O2. The van der Waals surface area contributed by atoms with Crippen LogP contribution in [-0.4, -0.2) is 13.1 Å². The van der Waals surface area contributed by atoms with E-state index in [1.54, 1.807) is 0 Å². The molecule has 0 heterocycles. The van der Waals surface area contributed by atoms with Crippen LogP contribution in [0.15, 0.2) is 30.3 Å². The Morgan fingerprint density at radius 2 is 1.85 bits per heavy atom. The van der Waals surface area contributed by atoms with Gasteiger partial charge in [-0.1, -0.05) is 30.3 Å². The topological polar surface area (TPSA) is 73.9 Å². The number of carbonyl (C=O) groups excluding carboxylic acids is 1. The van der Waals surface area contributed by atoms with Crippen molar-refractivity contribution >= 4 is 5.97 Å². The van der Waals surface area contributed by atoms with Crippen LogP contribution in [0.3, 0.4) is 0 Å². The summed E-state index contributed by atoms with van der Waals surface area (Å²) in [7, 11) is 1.39. The van der Waals surface area contributed by atoms with E-state index in [0.29, 0.717) is 6.42 Å². The highest BCUT2D eigenvalue weighted by atomic mass is 16.5. The quantitative estimate of drug-likeness (QED) is 0.507. The fraction of sp³-hybridized carbons (Fsp3) is 0.222. The van der Waals surface area contributed by atoms with E-state index in [1.807, 2.05) is 30.3 Å². The summed E-state index contributed by atoms with van der Waals surface area (Å²) in [6.07, 6.45) is 0.358. The van der Waals surface area contributed by atoms with Crippen molar-refractivity contribution in [3.8, 4) is 0 Å². The smallest absolute Gasteiger partial charge is 0.309 e. The van der Waals surface area contributed by atoms with Crippen LogP contribution in [0.2, 0.25) is 0 Å². The molecule has 1 rings (SSSR count). The van der Waals surface area contributed by atoms with Gasteiger partial charge in [-0.15, -0.1) is 0 Å². The fourth-order valence-electron chi connectivity index (χ4n) is 0.835. The highest BCUT2D eigenvalue weighted by Gasteiger charge is 1.99. The molecule has 0 aliphatic heterocycles. The van der Waals surface area contributed by atoms with Crippen molar-refractivity contribution in [2.24, 2.45) is 0 Å². The van der Waals surface area contributed by atoms with Crippen LogP contribution in [0.1, 0.15) is 5.56 Å². The van der Waals surface area contributed by atoms with Gasteiger partial charge in [0.25, 0.3) is 0 Å². The molecule has 0 radical (unpaired) electrons. The van der Waals surface area contributed by atoms with E-state index >= 15 is 0 Å². The van der Waals surface area contributed by atoms with Gasteiger partial charge in [-0.3, -0.25) is 4.79 Å². The second kappa shape index (κ2) is 6.80. The van der Waals surface area contributed by atoms with Crippen LogP contribution in [0.4, 0.5) is 0 Å². The van der Waals surface area contributed by atoms with Gasteiger partial charge < -0.3 is 4.74 Å². The van der Waals surface area contributed by atoms with Gasteiger partial charge in [0.05, 0.1) is 13.5 Å². The van der Waals surface area contributed by atoms with Gasteiger partial charge in [0.1, 0.15) is 0 Å².